The van der Waals surface area contributed by atoms with Crippen molar-refractivity contribution in [2.75, 3.05) is 11.4 Å². The molecule has 2 aliphatic heterocycles. The number of rotatable bonds is 5. The molecule has 4 rings (SSSR count). The molecular formula is C27H30N2O2S. The zero-order valence-corrected chi connectivity index (χ0v) is 20.3. The first kappa shape index (κ1) is 22.4. The average molecular weight is 447 g/mol. The fourth-order valence-electron chi connectivity index (χ4n) is 4.49. The van der Waals surface area contributed by atoms with Gasteiger partial charge >= 0.3 is 0 Å². The summed E-state index contributed by atoms with van der Waals surface area (Å²) in [6, 6.07) is 14.2. The number of hydrogen-bond donors (Lipinski definition) is 0. The van der Waals surface area contributed by atoms with Gasteiger partial charge in [-0.1, -0.05) is 48.9 Å². The van der Waals surface area contributed by atoms with E-state index >= 15 is 0 Å². The SMILES string of the molecule is CCCN1c2ccc(/C=C3/SC(=O)N(Cc4ccc(C)cc4)C3=O)cc2C(C)=CC1(C)C. The molecule has 0 spiro atoms. The third-order valence-electron chi connectivity index (χ3n) is 6.08. The lowest BCUT2D eigenvalue weighted by atomic mass is 9.88. The topological polar surface area (TPSA) is 40.6 Å². The summed E-state index contributed by atoms with van der Waals surface area (Å²) in [7, 11) is 0. The molecule has 0 aliphatic carbocycles. The van der Waals surface area contributed by atoms with Crippen LogP contribution in [0.15, 0.2) is 53.4 Å². The molecule has 2 aromatic rings. The van der Waals surface area contributed by atoms with Crippen molar-refractivity contribution in [3.05, 3.63) is 75.7 Å². The molecule has 0 bridgehead atoms. The Morgan fingerprint density at radius 1 is 1.03 bits per heavy atom. The van der Waals surface area contributed by atoms with Crippen molar-refractivity contribution < 1.29 is 9.59 Å². The Morgan fingerprint density at radius 2 is 1.75 bits per heavy atom. The second kappa shape index (κ2) is 8.62. The molecule has 2 aliphatic rings. The number of benzene rings is 2. The first-order chi connectivity index (χ1) is 15.2. The Labute approximate surface area is 195 Å². The van der Waals surface area contributed by atoms with Gasteiger partial charge in [-0.15, -0.1) is 0 Å². The minimum absolute atomic E-state index is 0.0345. The second-order valence-electron chi connectivity index (χ2n) is 9.16. The first-order valence-corrected chi connectivity index (χ1v) is 11.9. The maximum Gasteiger partial charge on any atom is 0.293 e. The number of amides is 2. The molecule has 2 amide bonds. The fourth-order valence-corrected chi connectivity index (χ4v) is 5.32. The Balaban J connectivity index is 1.61. The summed E-state index contributed by atoms with van der Waals surface area (Å²) >= 11 is 1.02. The van der Waals surface area contributed by atoms with Crippen molar-refractivity contribution >= 4 is 40.2 Å². The number of carbonyl (C=O) groups excluding carboxylic acids is 2. The number of fused-ring (bicyclic) bond motifs is 1. The molecule has 1 saturated heterocycles. The molecule has 5 heteroatoms. The molecule has 0 saturated carbocycles. The average Bonchev–Trinajstić information content (AvgIpc) is 3.00. The first-order valence-electron chi connectivity index (χ1n) is 11.1. The lowest BCUT2D eigenvalue weighted by Gasteiger charge is -2.43. The van der Waals surface area contributed by atoms with Crippen LogP contribution in [0.5, 0.6) is 0 Å². The summed E-state index contributed by atoms with van der Waals surface area (Å²) in [5, 5.41) is -0.216. The van der Waals surface area contributed by atoms with Gasteiger partial charge in [0.25, 0.3) is 11.1 Å². The lowest BCUT2D eigenvalue weighted by Crippen LogP contribution is -2.45. The van der Waals surface area contributed by atoms with E-state index in [0.717, 1.165) is 41.4 Å². The predicted molar refractivity (Wildman–Crippen MR) is 135 cm³/mol. The zero-order valence-electron chi connectivity index (χ0n) is 19.4. The van der Waals surface area contributed by atoms with Gasteiger partial charge in [-0.05, 0) is 80.8 Å². The van der Waals surface area contributed by atoms with E-state index in [0.29, 0.717) is 11.4 Å². The van der Waals surface area contributed by atoms with Gasteiger partial charge in [0.1, 0.15) is 0 Å². The van der Waals surface area contributed by atoms with Gasteiger partial charge in [-0.3, -0.25) is 14.5 Å². The maximum atomic E-state index is 13.0. The van der Waals surface area contributed by atoms with Crippen molar-refractivity contribution in [2.45, 2.75) is 53.1 Å². The molecule has 4 nitrogen and oxygen atoms in total. The fraction of sp³-hybridized carbons (Fsp3) is 0.333. The number of allylic oxidation sites excluding steroid dienone is 1. The normalized spacial score (nSPS) is 18.9. The largest absolute Gasteiger partial charge is 0.362 e. The Bertz CT molecular complexity index is 1130. The van der Waals surface area contributed by atoms with Crippen molar-refractivity contribution in [1.29, 1.82) is 0 Å². The molecule has 0 unspecified atom stereocenters. The Morgan fingerprint density at radius 3 is 2.44 bits per heavy atom. The molecular weight excluding hydrogens is 416 g/mol. The summed E-state index contributed by atoms with van der Waals surface area (Å²) in [6.45, 7) is 12.1. The van der Waals surface area contributed by atoms with Crippen molar-refractivity contribution in [1.82, 2.24) is 4.90 Å². The molecule has 0 radical (unpaired) electrons. The zero-order chi connectivity index (χ0) is 23.0. The van der Waals surface area contributed by atoms with E-state index in [1.54, 1.807) is 0 Å². The quantitative estimate of drug-likeness (QED) is 0.483. The van der Waals surface area contributed by atoms with Gasteiger partial charge in [0, 0.05) is 17.8 Å². The number of thioether (sulfide) groups is 1. The van der Waals surface area contributed by atoms with Gasteiger partial charge < -0.3 is 4.90 Å². The van der Waals surface area contributed by atoms with Crippen molar-refractivity contribution in [3.63, 3.8) is 0 Å². The van der Waals surface area contributed by atoms with E-state index in [-0.39, 0.29) is 16.7 Å². The highest BCUT2D eigenvalue weighted by Crippen LogP contribution is 2.40. The van der Waals surface area contributed by atoms with Crippen LogP contribution in [0.3, 0.4) is 0 Å². The number of imide groups is 1. The molecule has 166 valence electrons. The van der Waals surface area contributed by atoms with Gasteiger partial charge in [0.15, 0.2) is 0 Å². The third-order valence-corrected chi connectivity index (χ3v) is 6.99. The van der Waals surface area contributed by atoms with Crippen LogP contribution in [0.4, 0.5) is 10.5 Å². The van der Waals surface area contributed by atoms with E-state index in [1.807, 2.05) is 43.3 Å². The van der Waals surface area contributed by atoms with Crippen LogP contribution in [0.1, 0.15) is 56.4 Å². The highest BCUT2D eigenvalue weighted by atomic mass is 32.2. The van der Waals surface area contributed by atoms with Crippen molar-refractivity contribution in [3.8, 4) is 0 Å². The molecule has 1 fully saturated rings. The van der Waals surface area contributed by atoms with Crippen LogP contribution in [-0.4, -0.2) is 28.1 Å². The monoisotopic (exact) mass is 446 g/mol. The predicted octanol–water partition coefficient (Wildman–Crippen LogP) is 6.64. The molecule has 0 aromatic heterocycles. The Hall–Kier alpha value is -2.79. The molecule has 32 heavy (non-hydrogen) atoms. The van der Waals surface area contributed by atoms with Crippen LogP contribution in [0.2, 0.25) is 0 Å². The smallest absolute Gasteiger partial charge is 0.293 e. The highest BCUT2D eigenvalue weighted by molar-refractivity contribution is 8.18. The number of anilines is 1. The number of aryl methyl sites for hydroxylation is 1. The van der Waals surface area contributed by atoms with Crippen LogP contribution in [0, 0.1) is 6.92 Å². The lowest BCUT2D eigenvalue weighted by molar-refractivity contribution is -0.123. The van der Waals surface area contributed by atoms with E-state index in [4.69, 9.17) is 0 Å². The summed E-state index contributed by atoms with van der Waals surface area (Å²) in [6.07, 6.45) is 5.23. The summed E-state index contributed by atoms with van der Waals surface area (Å²) in [5.41, 5.74) is 6.65. The van der Waals surface area contributed by atoms with Gasteiger partial charge in [-0.2, -0.15) is 0 Å². The summed E-state index contributed by atoms with van der Waals surface area (Å²) in [4.78, 5) is 29.7. The van der Waals surface area contributed by atoms with Crippen LogP contribution in [0.25, 0.3) is 11.6 Å². The van der Waals surface area contributed by atoms with Crippen LogP contribution >= 0.6 is 11.8 Å². The van der Waals surface area contributed by atoms with Crippen molar-refractivity contribution in [2.24, 2.45) is 0 Å². The van der Waals surface area contributed by atoms with E-state index in [1.165, 1.54) is 21.7 Å². The van der Waals surface area contributed by atoms with E-state index in [9.17, 15) is 9.59 Å². The second-order valence-corrected chi connectivity index (χ2v) is 10.2. The van der Waals surface area contributed by atoms with E-state index in [2.05, 4.69) is 50.8 Å². The van der Waals surface area contributed by atoms with Crippen LogP contribution in [-0.2, 0) is 11.3 Å². The van der Waals surface area contributed by atoms with Gasteiger partial charge in [0.05, 0.1) is 17.0 Å². The Kier molecular flexibility index (Phi) is 6.04. The third kappa shape index (κ3) is 4.26. The minimum atomic E-state index is -0.223. The molecule has 2 heterocycles. The molecule has 0 atom stereocenters. The van der Waals surface area contributed by atoms with Gasteiger partial charge in [0.2, 0.25) is 0 Å². The number of hydrogen-bond acceptors (Lipinski definition) is 4. The molecule has 2 aromatic carbocycles. The summed E-state index contributed by atoms with van der Waals surface area (Å²) in [5.74, 6) is -0.223. The van der Waals surface area contributed by atoms with Crippen LogP contribution < -0.4 is 4.90 Å². The minimum Gasteiger partial charge on any atom is -0.362 e. The standard InChI is InChI=1S/C27H30N2O2S/c1-6-13-29-23-12-11-21(14-22(23)19(3)16-27(29,4)5)15-24-25(30)28(26(31)32-24)17-20-9-7-18(2)8-10-20/h7-12,14-16H,6,13,17H2,1-5H3/b24-15+. The number of nitrogens with zero attached hydrogens (tertiary/aromatic N) is 2. The maximum absolute atomic E-state index is 13.0. The summed E-state index contributed by atoms with van der Waals surface area (Å²) < 4.78 is 0. The number of carbonyl (C=O) groups is 2. The highest BCUT2D eigenvalue weighted by Gasteiger charge is 2.35. The van der Waals surface area contributed by atoms with E-state index < -0.39 is 0 Å². The molecule has 0 N–H and O–H groups in total. The van der Waals surface area contributed by atoms with Gasteiger partial charge in [-0.25, -0.2) is 0 Å².